The number of halogens is 1. The van der Waals surface area contributed by atoms with E-state index in [1.807, 2.05) is 25.1 Å². The first-order chi connectivity index (χ1) is 9.10. The molecule has 4 nitrogen and oxygen atoms in total. The number of pyridine rings is 1. The molecule has 0 aliphatic heterocycles. The second-order valence-corrected chi connectivity index (χ2v) is 4.42. The van der Waals surface area contributed by atoms with Crippen LogP contribution in [0.15, 0.2) is 36.5 Å². The van der Waals surface area contributed by atoms with Crippen LogP contribution in [0.1, 0.15) is 15.9 Å². The van der Waals surface area contributed by atoms with Crippen LogP contribution in [-0.4, -0.2) is 18.1 Å². The molecule has 0 saturated carbocycles. The molecule has 0 radical (unpaired) electrons. The van der Waals surface area contributed by atoms with Crippen molar-refractivity contribution in [1.29, 1.82) is 0 Å². The molecule has 0 fully saturated rings. The van der Waals surface area contributed by atoms with E-state index < -0.39 is 5.97 Å². The number of carbonyl (C=O) groups is 1. The van der Waals surface area contributed by atoms with Gasteiger partial charge in [-0.1, -0.05) is 17.7 Å². The Bertz CT molecular complexity index is 614. The molecule has 0 atom stereocenters. The lowest BCUT2D eigenvalue weighted by Crippen LogP contribution is -2.03. The van der Waals surface area contributed by atoms with E-state index in [1.54, 1.807) is 18.3 Å². The fourth-order valence-corrected chi connectivity index (χ4v) is 1.74. The van der Waals surface area contributed by atoms with Gasteiger partial charge in [0.1, 0.15) is 5.82 Å². The predicted octanol–water partition coefficient (Wildman–Crippen LogP) is 3.57. The van der Waals surface area contributed by atoms with Crippen LogP contribution in [0.4, 0.5) is 11.5 Å². The molecule has 1 aromatic heterocycles. The Morgan fingerprint density at radius 1 is 1.32 bits per heavy atom. The van der Waals surface area contributed by atoms with Crippen molar-refractivity contribution in [3.05, 3.63) is 52.7 Å². The number of nitrogens with one attached hydrogen (secondary N) is 1. The van der Waals surface area contributed by atoms with Crippen LogP contribution >= 0.6 is 11.6 Å². The maximum Gasteiger partial charge on any atom is 0.338 e. The molecule has 0 aliphatic carbocycles. The number of esters is 1. The molecule has 0 aliphatic rings. The molecule has 1 aromatic carbocycles. The van der Waals surface area contributed by atoms with Crippen LogP contribution in [0.5, 0.6) is 0 Å². The molecule has 5 heteroatoms. The number of benzene rings is 1. The molecule has 1 N–H and O–H groups in total. The molecule has 0 unspecified atom stereocenters. The lowest BCUT2D eigenvalue weighted by molar-refractivity contribution is 0.0600. The van der Waals surface area contributed by atoms with Crippen molar-refractivity contribution in [2.24, 2.45) is 0 Å². The van der Waals surface area contributed by atoms with Crippen molar-refractivity contribution in [3.8, 4) is 0 Å². The molecule has 0 spiro atoms. The van der Waals surface area contributed by atoms with Crippen LogP contribution < -0.4 is 5.32 Å². The monoisotopic (exact) mass is 276 g/mol. The van der Waals surface area contributed by atoms with Crippen molar-refractivity contribution >= 4 is 29.1 Å². The Balaban J connectivity index is 2.23. The van der Waals surface area contributed by atoms with Gasteiger partial charge >= 0.3 is 5.97 Å². The molecule has 2 aromatic rings. The van der Waals surface area contributed by atoms with Gasteiger partial charge in [-0.25, -0.2) is 9.78 Å². The molecule has 2 rings (SSSR count). The summed E-state index contributed by atoms with van der Waals surface area (Å²) in [6.45, 7) is 1.93. The molecule has 1 heterocycles. The summed E-state index contributed by atoms with van der Waals surface area (Å²) in [5, 5.41) is 3.76. The lowest BCUT2D eigenvalue weighted by Gasteiger charge is -2.08. The van der Waals surface area contributed by atoms with Crippen LogP contribution in [0, 0.1) is 6.92 Å². The highest BCUT2D eigenvalue weighted by Crippen LogP contribution is 2.22. The number of carbonyl (C=O) groups excluding carboxylic acids is 1. The van der Waals surface area contributed by atoms with Gasteiger partial charge < -0.3 is 10.1 Å². The first-order valence-electron chi connectivity index (χ1n) is 5.67. The Morgan fingerprint density at radius 3 is 2.79 bits per heavy atom. The third kappa shape index (κ3) is 3.23. The Morgan fingerprint density at radius 2 is 2.11 bits per heavy atom. The first-order valence-corrected chi connectivity index (χ1v) is 6.05. The summed E-state index contributed by atoms with van der Waals surface area (Å²) in [4.78, 5) is 15.6. The highest BCUT2D eigenvalue weighted by Gasteiger charge is 2.07. The van der Waals surface area contributed by atoms with E-state index in [4.69, 9.17) is 11.6 Å². The number of hydrogen-bond acceptors (Lipinski definition) is 4. The first kappa shape index (κ1) is 13.4. The highest BCUT2D eigenvalue weighted by atomic mass is 35.5. The SMILES string of the molecule is COC(=O)c1ccnc(Nc2ccc(C)c(Cl)c2)c1. The average molecular weight is 277 g/mol. The third-order valence-corrected chi connectivity index (χ3v) is 3.03. The van der Waals surface area contributed by atoms with Crippen LogP contribution in [0.2, 0.25) is 5.02 Å². The van der Waals surface area contributed by atoms with Crippen molar-refractivity contribution in [1.82, 2.24) is 4.98 Å². The fourth-order valence-electron chi connectivity index (χ4n) is 1.56. The van der Waals surface area contributed by atoms with Crippen molar-refractivity contribution < 1.29 is 9.53 Å². The highest BCUT2D eigenvalue weighted by molar-refractivity contribution is 6.31. The van der Waals surface area contributed by atoms with Gasteiger partial charge in [-0.2, -0.15) is 0 Å². The molecule has 19 heavy (non-hydrogen) atoms. The maximum absolute atomic E-state index is 11.4. The number of nitrogens with zero attached hydrogens (tertiary/aromatic N) is 1. The van der Waals surface area contributed by atoms with Gasteiger partial charge in [0.05, 0.1) is 12.7 Å². The summed E-state index contributed by atoms with van der Waals surface area (Å²) in [5.41, 5.74) is 2.26. The van der Waals surface area contributed by atoms with Gasteiger partial charge in [0.15, 0.2) is 0 Å². The zero-order valence-electron chi connectivity index (χ0n) is 10.6. The summed E-state index contributed by atoms with van der Waals surface area (Å²) < 4.78 is 4.66. The summed E-state index contributed by atoms with van der Waals surface area (Å²) in [6.07, 6.45) is 1.55. The fraction of sp³-hybridized carbons (Fsp3) is 0.143. The number of methoxy groups -OCH3 is 1. The smallest absolute Gasteiger partial charge is 0.338 e. The summed E-state index contributed by atoms with van der Waals surface area (Å²) in [7, 11) is 1.34. The maximum atomic E-state index is 11.4. The largest absolute Gasteiger partial charge is 0.465 e. The standard InChI is InChI=1S/C14H13ClN2O2/c1-9-3-4-11(8-12(9)15)17-13-7-10(5-6-16-13)14(18)19-2/h3-8H,1-2H3,(H,16,17). The summed E-state index contributed by atoms with van der Waals surface area (Å²) in [6, 6.07) is 8.84. The topological polar surface area (TPSA) is 51.2 Å². The minimum absolute atomic E-state index is 0.396. The lowest BCUT2D eigenvalue weighted by atomic mass is 10.2. The minimum Gasteiger partial charge on any atom is -0.465 e. The molecule has 0 amide bonds. The number of rotatable bonds is 3. The molecular formula is C14H13ClN2O2. The van der Waals surface area contributed by atoms with Gasteiger partial charge in [-0.3, -0.25) is 0 Å². The van der Waals surface area contributed by atoms with Gasteiger partial charge in [0.25, 0.3) is 0 Å². The minimum atomic E-state index is -0.396. The Kier molecular flexibility index (Phi) is 4.02. The zero-order valence-corrected chi connectivity index (χ0v) is 11.4. The van der Waals surface area contributed by atoms with Gasteiger partial charge in [-0.15, -0.1) is 0 Å². The van der Waals surface area contributed by atoms with Crippen molar-refractivity contribution in [2.75, 3.05) is 12.4 Å². The second-order valence-electron chi connectivity index (χ2n) is 4.01. The number of aryl methyl sites for hydroxylation is 1. The predicted molar refractivity (Wildman–Crippen MR) is 75.0 cm³/mol. The van der Waals surface area contributed by atoms with Crippen molar-refractivity contribution in [3.63, 3.8) is 0 Å². The quantitative estimate of drug-likeness (QED) is 0.871. The van der Waals surface area contributed by atoms with E-state index in [0.29, 0.717) is 16.4 Å². The molecule has 0 saturated heterocycles. The van der Waals surface area contributed by atoms with Gasteiger partial charge in [-0.05, 0) is 36.8 Å². The number of aromatic nitrogens is 1. The van der Waals surface area contributed by atoms with Crippen molar-refractivity contribution in [2.45, 2.75) is 6.92 Å². The number of hydrogen-bond donors (Lipinski definition) is 1. The average Bonchev–Trinajstić information content (AvgIpc) is 2.42. The third-order valence-electron chi connectivity index (χ3n) is 2.63. The normalized spacial score (nSPS) is 10.1. The molecular weight excluding hydrogens is 264 g/mol. The van der Waals surface area contributed by atoms with E-state index in [9.17, 15) is 4.79 Å². The second kappa shape index (κ2) is 5.71. The van der Waals surface area contributed by atoms with E-state index in [1.165, 1.54) is 7.11 Å². The van der Waals surface area contributed by atoms with E-state index in [0.717, 1.165) is 11.3 Å². The summed E-state index contributed by atoms with van der Waals surface area (Å²) >= 11 is 6.05. The number of ether oxygens (including phenoxy) is 1. The Hall–Kier alpha value is -2.07. The summed E-state index contributed by atoms with van der Waals surface area (Å²) in [5.74, 6) is 0.162. The van der Waals surface area contributed by atoms with Gasteiger partial charge in [0.2, 0.25) is 0 Å². The molecule has 0 bridgehead atoms. The van der Waals surface area contributed by atoms with Crippen LogP contribution in [-0.2, 0) is 4.74 Å². The molecule has 98 valence electrons. The number of anilines is 2. The zero-order chi connectivity index (χ0) is 13.8. The van der Waals surface area contributed by atoms with Crippen LogP contribution in [0.25, 0.3) is 0 Å². The van der Waals surface area contributed by atoms with E-state index in [-0.39, 0.29) is 0 Å². The van der Waals surface area contributed by atoms with Gasteiger partial charge in [0, 0.05) is 16.9 Å². The Labute approximate surface area is 116 Å². The van der Waals surface area contributed by atoms with Crippen LogP contribution in [0.3, 0.4) is 0 Å². The van der Waals surface area contributed by atoms with E-state index in [2.05, 4.69) is 15.0 Å². The van der Waals surface area contributed by atoms with E-state index >= 15 is 0 Å².